The van der Waals surface area contributed by atoms with Crippen molar-refractivity contribution in [1.82, 2.24) is 4.72 Å². The average Bonchev–Trinajstić information content (AvgIpc) is 3.15. The lowest BCUT2D eigenvalue weighted by molar-refractivity contribution is -0.274. The number of benzene rings is 4. The van der Waals surface area contributed by atoms with Gasteiger partial charge < -0.3 is 19.6 Å². The van der Waals surface area contributed by atoms with Gasteiger partial charge in [-0.1, -0.05) is 54.1 Å². The van der Waals surface area contributed by atoms with Gasteiger partial charge in [0, 0.05) is 30.2 Å². The Morgan fingerprint density at radius 1 is 0.818 bits per heavy atom. The lowest BCUT2D eigenvalue weighted by Crippen LogP contribution is -2.65. The maximum absolute atomic E-state index is 13.5. The van der Waals surface area contributed by atoms with Gasteiger partial charge in [0.05, 0.1) is 23.1 Å². The summed E-state index contributed by atoms with van der Waals surface area (Å²) in [6, 6.07) is 26.5. The van der Waals surface area contributed by atoms with Crippen LogP contribution in [0.25, 0.3) is 0 Å². The topological polar surface area (TPSA) is 82.1 Å². The van der Waals surface area contributed by atoms with Crippen LogP contribution in [0.4, 0.5) is 30.2 Å². The first-order valence-corrected chi connectivity index (χ1v) is 15.8. The molecule has 0 saturated carbocycles. The Bertz CT molecular complexity index is 1680. The van der Waals surface area contributed by atoms with Crippen LogP contribution in [0.3, 0.4) is 0 Å². The molecule has 1 saturated heterocycles. The molecule has 4 aromatic carbocycles. The van der Waals surface area contributed by atoms with E-state index in [9.17, 15) is 26.7 Å². The average molecular weight is 624 g/mol. The number of rotatable bonds is 6. The Morgan fingerprint density at radius 3 is 1.95 bits per heavy atom. The van der Waals surface area contributed by atoms with Crippen molar-refractivity contribution in [2.24, 2.45) is 0 Å². The molecule has 0 bridgehead atoms. The molecule has 2 N–H and O–H groups in total. The van der Waals surface area contributed by atoms with Gasteiger partial charge in [-0.2, -0.15) is 0 Å². The van der Waals surface area contributed by atoms with E-state index >= 15 is 0 Å². The Labute approximate surface area is 254 Å². The number of nitrogens with one attached hydrogen (secondary N) is 1. The van der Waals surface area contributed by atoms with Gasteiger partial charge in [0.15, 0.2) is 0 Å². The van der Waals surface area contributed by atoms with Crippen LogP contribution >= 0.6 is 0 Å². The smallest absolute Gasteiger partial charge is 0.406 e. The van der Waals surface area contributed by atoms with Crippen LogP contribution in [-0.2, 0) is 22.9 Å². The van der Waals surface area contributed by atoms with Gasteiger partial charge in [0.1, 0.15) is 5.75 Å². The Hall–Kier alpha value is -4.06. The highest BCUT2D eigenvalue weighted by molar-refractivity contribution is 7.89. The highest BCUT2D eigenvalue weighted by Gasteiger charge is 2.43. The standard InChI is InChI=1S/C33H32F3N3O4S/c1-22-10-14-25(15-11-22)38-20-28(37-44(41,42)27-18-16-26(17-19-27)43-33(34,35)36)32(40)31(21-38)39-29-8-4-2-6-23(29)12-13-24-7-3-5-9-30(24)39/h2-11,14-19,28,31-32,37,40H,12-13,20-21H2,1H3/t28-,31+,32+/m1/s1. The minimum absolute atomic E-state index is 0.173. The Kier molecular flexibility index (Phi) is 8.04. The lowest BCUT2D eigenvalue weighted by atomic mass is 9.94. The summed E-state index contributed by atoms with van der Waals surface area (Å²) < 4.78 is 71.6. The highest BCUT2D eigenvalue weighted by atomic mass is 32.2. The molecule has 2 aliphatic rings. The number of aliphatic hydroxyl groups is 1. The van der Waals surface area contributed by atoms with Gasteiger partial charge in [-0.3, -0.25) is 0 Å². The minimum Gasteiger partial charge on any atom is -0.406 e. The third-order valence-electron chi connectivity index (χ3n) is 8.20. The SMILES string of the molecule is Cc1ccc(N2C[C@@H](NS(=O)(=O)c3ccc(OC(F)(F)F)cc3)[C@H](O)[C@@H](N3c4ccccc4CCc4ccccc43)C2)cc1. The number of fused-ring (bicyclic) bond motifs is 2. The van der Waals surface area contributed by atoms with Crippen molar-refractivity contribution in [2.75, 3.05) is 22.9 Å². The van der Waals surface area contributed by atoms with Crippen molar-refractivity contribution in [2.45, 2.75) is 49.2 Å². The number of ether oxygens (including phenoxy) is 1. The number of piperidine rings is 1. The lowest BCUT2D eigenvalue weighted by Gasteiger charge is -2.48. The van der Waals surface area contributed by atoms with E-state index in [-0.39, 0.29) is 11.4 Å². The molecule has 2 heterocycles. The van der Waals surface area contributed by atoms with Crippen LogP contribution in [-0.4, -0.2) is 51.2 Å². The van der Waals surface area contributed by atoms with Crippen molar-refractivity contribution in [3.05, 3.63) is 114 Å². The first-order chi connectivity index (χ1) is 21.0. The van der Waals surface area contributed by atoms with E-state index in [1.54, 1.807) is 0 Å². The summed E-state index contributed by atoms with van der Waals surface area (Å²) in [7, 11) is -4.24. The summed E-state index contributed by atoms with van der Waals surface area (Å²) >= 11 is 0. The quantitative estimate of drug-likeness (QED) is 0.286. The molecule has 7 nitrogen and oxygen atoms in total. The second-order valence-corrected chi connectivity index (χ2v) is 12.9. The fourth-order valence-electron chi connectivity index (χ4n) is 6.09. The number of para-hydroxylation sites is 2. The van der Waals surface area contributed by atoms with Crippen LogP contribution in [0, 0.1) is 6.92 Å². The van der Waals surface area contributed by atoms with E-state index in [1.807, 2.05) is 67.6 Å². The number of sulfonamides is 1. The molecule has 44 heavy (non-hydrogen) atoms. The third kappa shape index (κ3) is 6.26. The van der Waals surface area contributed by atoms with Gasteiger partial charge in [0.2, 0.25) is 10.0 Å². The zero-order valence-corrected chi connectivity index (χ0v) is 24.7. The van der Waals surface area contributed by atoms with Crippen LogP contribution in [0.1, 0.15) is 16.7 Å². The van der Waals surface area contributed by atoms with E-state index in [2.05, 4.69) is 31.4 Å². The van der Waals surface area contributed by atoms with Crippen LogP contribution in [0.5, 0.6) is 5.75 Å². The first-order valence-electron chi connectivity index (χ1n) is 14.3. The van der Waals surface area contributed by atoms with Gasteiger partial charge in [-0.25, -0.2) is 13.1 Å². The molecule has 0 unspecified atom stereocenters. The van der Waals surface area contributed by atoms with Crippen molar-refractivity contribution in [3.8, 4) is 5.75 Å². The number of nitrogens with zero attached hydrogens (tertiary/aromatic N) is 2. The van der Waals surface area contributed by atoms with Crippen molar-refractivity contribution >= 4 is 27.1 Å². The Balaban J connectivity index is 1.38. The fourth-order valence-corrected chi connectivity index (χ4v) is 7.33. The Morgan fingerprint density at radius 2 is 1.39 bits per heavy atom. The van der Waals surface area contributed by atoms with Gasteiger partial charge >= 0.3 is 6.36 Å². The number of hydrogen-bond donors (Lipinski definition) is 2. The molecule has 0 aliphatic carbocycles. The first kappa shape index (κ1) is 30.0. The van der Waals surface area contributed by atoms with Gasteiger partial charge in [-0.15, -0.1) is 13.2 Å². The molecule has 3 atom stereocenters. The molecular weight excluding hydrogens is 591 g/mol. The van der Waals surface area contributed by atoms with Gasteiger partial charge in [-0.05, 0) is 79.4 Å². The molecule has 230 valence electrons. The second kappa shape index (κ2) is 11.8. The number of aliphatic hydroxyl groups excluding tert-OH is 1. The van der Waals surface area contributed by atoms with Crippen molar-refractivity contribution < 1.29 is 31.4 Å². The summed E-state index contributed by atoms with van der Waals surface area (Å²) in [6.07, 6.45) is -4.40. The predicted molar refractivity (Wildman–Crippen MR) is 163 cm³/mol. The monoisotopic (exact) mass is 623 g/mol. The molecular formula is C33H32F3N3O4S. The molecule has 0 amide bonds. The summed E-state index contributed by atoms with van der Waals surface area (Å²) in [6.45, 7) is 2.57. The van der Waals surface area contributed by atoms with E-state index in [0.717, 1.165) is 70.9 Å². The molecule has 0 radical (unpaired) electrons. The number of aryl methyl sites for hydroxylation is 3. The molecule has 4 aromatic rings. The zero-order valence-electron chi connectivity index (χ0n) is 23.9. The molecule has 1 fully saturated rings. The maximum atomic E-state index is 13.5. The molecule has 0 aromatic heterocycles. The highest BCUT2D eigenvalue weighted by Crippen LogP contribution is 2.40. The second-order valence-electron chi connectivity index (χ2n) is 11.2. The molecule has 6 rings (SSSR count). The van der Waals surface area contributed by atoms with Gasteiger partial charge in [0.25, 0.3) is 0 Å². The van der Waals surface area contributed by atoms with E-state index in [0.29, 0.717) is 6.54 Å². The van der Waals surface area contributed by atoms with Crippen LogP contribution < -0.4 is 19.3 Å². The van der Waals surface area contributed by atoms with E-state index in [4.69, 9.17) is 0 Å². The van der Waals surface area contributed by atoms with Crippen molar-refractivity contribution in [1.29, 1.82) is 0 Å². The number of hydrogen-bond acceptors (Lipinski definition) is 6. The number of alkyl halides is 3. The summed E-state index contributed by atoms with van der Waals surface area (Å²) in [5, 5.41) is 12.0. The van der Waals surface area contributed by atoms with Crippen LogP contribution in [0.2, 0.25) is 0 Å². The molecule has 2 aliphatic heterocycles. The third-order valence-corrected chi connectivity index (χ3v) is 9.71. The molecule has 11 heteroatoms. The van der Waals surface area contributed by atoms with Crippen molar-refractivity contribution in [3.63, 3.8) is 0 Å². The summed E-state index contributed by atoms with van der Waals surface area (Å²) in [4.78, 5) is 3.95. The number of halogens is 3. The van der Waals surface area contributed by atoms with Crippen LogP contribution in [0.15, 0.2) is 102 Å². The zero-order chi connectivity index (χ0) is 31.1. The summed E-state index contributed by atoms with van der Waals surface area (Å²) in [5.41, 5.74) is 6.11. The van der Waals surface area contributed by atoms with E-state index in [1.165, 1.54) is 0 Å². The summed E-state index contributed by atoms with van der Waals surface area (Å²) in [5.74, 6) is -0.529. The fraction of sp³-hybridized carbons (Fsp3) is 0.273. The normalized spacial score (nSPS) is 20.4. The maximum Gasteiger partial charge on any atom is 0.573 e. The molecule has 0 spiro atoms. The number of anilines is 3. The predicted octanol–water partition coefficient (Wildman–Crippen LogP) is 5.73. The minimum atomic E-state index is -4.90. The largest absolute Gasteiger partial charge is 0.573 e. The van der Waals surface area contributed by atoms with E-state index < -0.39 is 40.3 Å².